The fourth-order valence-corrected chi connectivity index (χ4v) is 3.98. The molecule has 28 heavy (non-hydrogen) atoms. The van der Waals surface area contributed by atoms with Crippen molar-refractivity contribution in [3.8, 4) is 0 Å². The van der Waals surface area contributed by atoms with Crippen LogP contribution in [0.3, 0.4) is 0 Å². The van der Waals surface area contributed by atoms with Crippen molar-refractivity contribution in [2.75, 3.05) is 58.7 Å². The number of aliphatic imine (C=N–C) groups is 1. The van der Waals surface area contributed by atoms with E-state index in [9.17, 15) is 13.2 Å². The maximum Gasteiger partial charge on any atom is 0.305 e. The Morgan fingerprint density at radius 1 is 1.21 bits per heavy atom. The van der Waals surface area contributed by atoms with Crippen LogP contribution in [0.4, 0.5) is 0 Å². The van der Waals surface area contributed by atoms with Gasteiger partial charge < -0.3 is 19.7 Å². The number of hydrogen-bond acceptors (Lipinski definition) is 6. The molecule has 11 heteroatoms. The molecule has 1 fully saturated rings. The third-order valence-corrected chi connectivity index (χ3v) is 5.92. The lowest BCUT2D eigenvalue weighted by atomic mass is 10.3. The number of rotatable bonds is 10. The quantitative estimate of drug-likeness (QED) is 0.146. The van der Waals surface area contributed by atoms with Gasteiger partial charge in [0.1, 0.15) is 0 Å². The molecule has 0 amide bonds. The van der Waals surface area contributed by atoms with Crippen LogP contribution in [0.5, 0.6) is 0 Å². The molecule has 0 atom stereocenters. The minimum atomic E-state index is -3.30. The Morgan fingerprint density at radius 3 is 2.39 bits per heavy atom. The summed E-state index contributed by atoms with van der Waals surface area (Å²) in [5.74, 6) is 0.528. The normalized spacial score (nSPS) is 16.0. The fraction of sp³-hybridized carbons (Fsp3) is 0.882. The Bertz CT molecular complexity index is 578. The highest BCUT2D eigenvalue weighted by atomic mass is 127. The highest BCUT2D eigenvalue weighted by molar-refractivity contribution is 14.0. The number of guanidine groups is 1. The lowest BCUT2D eigenvalue weighted by Gasteiger charge is -2.35. The number of esters is 1. The minimum Gasteiger partial charge on any atom is -0.466 e. The molecule has 1 N–H and O–H groups in total. The van der Waals surface area contributed by atoms with Crippen molar-refractivity contribution in [2.45, 2.75) is 39.7 Å². The van der Waals surface area contributed by atoms with Gasteiger partial charge in [0.05, 0.1) is 25.1 Å². The molecule has 1 heterocycles. The molecule has 0 unspecified atom stereocenters. The van der Waals surface area contributed by atoms with Crippen LogP contribution in [-0.2, 0) is 24.3 Å². The smallest absolute Gasteiger partial charge is 0.305 e. The molecule has 0 aromatic rings. The third kappa shape index (κ3) is 10.2. The van der Waals surface area contributed by atoms with Crippen LogP contribution in [-0.4, -0.2) is 94.4 Å². The van der Waals surface area contributed by atoms with E-state index in [-0.39, 0.29) is 48.4 Å². The molecule has 0 saturated carbocycles. The van der Waals surface area contributed by atoms with Gasteiger partial charge in [0, 0.05) is 46.2 Å². The van der Waals surface area contributed by atoms with E-state index in [4.69, 9.17) is 9.47 Å². The average Bonchev–Trinajstić information content (AvgIpc) is 2.62. The van der Waals surface area contributed by atoms with Crippen molar-refractivity contribution in [1.82, 2.24) is 14.5 Å². The fourth-order valence-electron chi connectivity index (χ4n) is 2.69. The summed E-state index contributed by atoms with van der Waals surface area (Å²) in [6.07, 6.45) is 1.04. The summed E-state index contributed by atoms with van der Waals surface area (Å²) in [7, 11) is -1.61. The number of carbonyl (C=O) groups is 1. The predicted octanol–water partition coefficient (Wildman–Crippen LogP) is 0.896. The van der Waals surface area contributed by atoms with Crippen molar-refractivity contribution in [3.05, 3.63) is 0 Å². The van der Waals surface area contributed by atoms with Gasteiger partial charge in [-0.15, -0.1) is 24.0 Å². The molecular formula is C17H35IN4O5S. The summed E-state index contributed by atoms with van der Waals surface area (Å²) in [4.78, 5) is 17.6. The van der Waals surface area contributed by atoms with Crippen molar-refractivity contribution in [1.29, 1.82) is 0 Å². The van der Waals surface area contributed by atoms with E-state index >= 15 is 0 Å². The second-order valence-corrected chi connectivity index (χ2v) is 8.59. The maximum atomic E-state index is 12.4. The van der Waals surface area contributed by atoms with Gasteiger partial charge in [0.15, 0.2) is 5.96 Å². The molecule has 1 rings (SSSR count). The van der Waals surface area contributed by atoms with Crippen LogP contribution in [0.1, 0.15) is 33.6 Å². The van der Waals surface area contributed by atoms with E-state index in [1.165, 1.54) is 4.31 Å². The van der Waals surface area contributed by atoms with Gasteiger partial charge >= 0.3 is 5.97 Å². The lowest BCUT2D eigenvalue weighted by molar-refractivity contribution is -0.143. The Kier molecular flexibility index (Phi) is 14.0. The first-order valence-electron chi connectivity index (χ1n) is 9.50. The first-order chi connectivity index (χ1) is 12.8. The van der Waals surface area contributed by atoms with Crippen molar-refractivity contribution >= 4 is 45.9 Å². The number of sulfonamides is 1. The van der Waals surface area contributed by atoms with Gasteiger partial charge in [-0.1, -0.05) is 0 Å². The molecule has 0 radical (unpaired) electrons. The topological polar surface area (TPSA) is 101 Å². The molecule has 0 spiro atoms. The van der Waals surface area contributed by atoms with Crippen LogP contribution in [0.25, 0.3) is 0 Å². The van der Waals surface area contributed by atoms with Gasteiger partial charge in [-0.3, -0.25) is 9.79 Å². The van der Waals surface area contributed by atoms with Gasteiger partial charge in [0.2, 0.25) is 10.0 Å². The lowest BCUT2D eigenvalue weighted by Crippen LogP contribution is -2.54. The molecule has 1 saturated heterocycles. The SMILES string of the molecule is CCOC(=O)CCCNC(=NC)N1CCN(S(=O)(=O)CCOC(C)C)CC1.I. The standard InChI is InChI=1S/C17H34N4O5S.HI/c1-5-25-16(22)7-6-8-19-17(18-4)20-9-11-21(12-10-20)27(23,24)14-13-26-15(2)3;/h15H,5-14H2,1-4H3,(H,18,19);1H. The number of carbonyl (C=O) groups excluding carboxylic acids is 1. The summed E-state index contributed by atoms with van der Waals surface area (Å²) < 4.78 is 36.5. The average molecular weight is 534 g/mol. The van der Waals surface area contributed by atoms with Crippen molar-refractivity contribution in [2.24, 2.45) is 4.99 Å². The van der Waals surface area contributed by atoms with Crippen LogP contribution in [0.15, 0.2) is 4.99 Å². The summed E-state index contributed by atoms with van der Waals surface area (Å²) in [5, 5.41) is 3.22. The largest absolute Gasteiger partial charge is 0.466 e. The van der Waals surface area contributed by atoms with Gasteiger partial charge in [-0.25, -0.2) is 8.42 Å². The first-order valence-corrected chi connectivity index (χ1v) is 11.1. The second kappa shape index (κ2) is 14.3. The van der Waals surface area contributed by atoms with Crippen molar-refractivity contribution < 1.29 is 22.7 Å². The molecule has 0 aromatic carbocycles. The summed E-state index contributed by atoms with van der Waals surface area (Å²) >= 11 is 0. The number of nitrogens with one attached hydrogen (secondary N) is 1. The van der Waals surface area contributed by atoms with Gasteiger partial charge in [-0.2, -0.15) is 4.31 Å². The van der Waals surface area contributed by atoms with E-state index in [0.717, 1.165) is 5.96 Å². The molecule has 1 aliphatic heterocycles. The first kappa shape index (κ1) is 27.3. The van der Waals surface area contributed by atoms with E-state index < -0.39 is 10.0 Å². The van der Waals surface area contributed by atoms with E-state index in [2.05, 4.69) is 10.3 Å². The van der Waals surface area contributed by atoms with Crippen LogP contribution < -0.4 is 5.32 Å². The summed E-state index contributed by atoms with van der Waals surface area (Å²) in [6.45, 7) is 8.76. The number of halogens is 1. The van der Waals surface area contributed by atoms with Crippen LogP contribution in [0.2, 0.25) is 0 Å². The summed E-state index contributed by atoms with van der Waals surface area (Å²) in [6, 6.07) is 0. The molecule has 0 bridgehead atoms. The van der Waals surface area contributed by atoms with E-state index in [1.807, 2.05) is 18.7 Å². The molecule has 166 valence electrons. The third-order valence-electron chi connectivity index (χ3n) is 4.08. The molecule has 0 aliphatic carbocycles. The van der Waals surface area contributed by atoms with E-state index in [1.54, 1.807) is 14.0 Å². The number of nitrogens with zero attached hydrogens (tertiary/aromatic N) is 3. The highest BCUT2D eigenvalue weighted by Gasteiger charge is 2.27. The Labute approximate surface area is 186 Å². The summed E-state index contributed by atoms with van der Waals surface area (Å²) in [5.41, 5.74) is 0. The number of piperazine rings is 1. The Balaban J connectivity index is 0.00000729. The monoisotopic (exact) mass is 534 g/mol. The zero-order valence-corrected chi connectivity index (χ0v) is 20.5. The number of ether oxygens (including phenoxy) is 2. The molecule has 0 aromatic heterocycles. The zero-order chi connectivity index (χ0) is 20.3. The molecule has 1 aliphatic rings. The Morgan fingerprint density at radius 2 is 1.86 bits per heavy atom. The predicted molar refractivity (Wildman–Crippen MR) is 121 cm³/mol. The van der Waals surface area contributed by atoms with Crippen LogP contribution in [0, 0.1) is 0 Å². The Hall–Kier alpha value is -0.660. The van der Waals surface area contributed by atoms with Gasteiger partial charge in [-0.05, 0) is 27.2 Å². The second-order valence-electron chi connectivity index (χ2n) is 6.50. The van der Waals surface area contributed by atoms with Gasteiger partial charge in [0.25, 0.3) is 0 Å². The minimum absolute atomic E-state index is 0. The number of hydrogen-bond donors (Lipinski definition) is 1. The molecule has 9 nitrogen and oxygen atoms in total. The van der Waals surface area contributed by atoms with Crippen molar-refractivity contribution in [3.63, 3.8) is 0 Å². The van der Waals surface area contributed by atoms with Crippen LogP contribution >= 0.6 is 24.0 Å². The molecular weight excluding hydrogens is 499 g/mol. The maximum absolute atomic E-state index is 12.4. The zero-order valence-electron chi connectivity index (χ0n) is 17.3. The highest BCUT2D eigenvalue weighted by Crippen LogP contribution is 2.09. The van der Waals surface area contributed by atoms with E-state index in [0.29, 0.717) is 52.2 Å².